The van der Waals surface area contributed by atoms with E-state index >= 15 is 0 Å². The van der Waals surface area contributed by atoms with Gasteiger partial charge in [-0.25, -0.2) is 19.4 Å². The predicted molar refractivity (Wildman–Crippen MR) is 114 cm³/mol. The molecule has 0 amide bonds. The molecule has 3 aromatic heterocycles. The molecule has 0 unspecified atom stereocenters. The minimum atomic E-state index is -5.08. The van der Waals surface area contributed by atoms with E-state index in [9.17, 15) is 13.2 Å². The van der Waals surface area contributed by atoms with Crippen molar-refractivity contribution in [2.75, 3.05) is 25.1 Å². The molecule has 0 bridgehead atoms. The second-order valence-corrected chi connectivity index (χ2v) is 6.88. The van der Waals surface area contributed by atoms with E-state index in [1.807, 2.05) is 29.9 Å². The fourth-order valence-electron chi connectivity index (χ4n) is 3.04. The number of alkyl halides is 3. The molecule has 4 aromatic rings. The summed E-state index contributed by atoms with van der Waals surface area (Å²) in [5, 5.41) is 15.8. The van der Waals surface area contributed by atoms with Crippen molar-refractivity contribution >= 4 is 39.9 Å². The lowest BCUT2D eigenvalue weighted by Crippen LogP contribution is -2.21. The van der Waals surface area contributed by atoms with Gasteiger partial charge in [0.25, 0.3) is 6.01 Å². The third kappa shape index (κ3) is 5.46. The van der Waals surface area contributed by atoms with Crippen LogP contribution in [0.5, 0.6) is 0 Å². The van der Waals surface area contributed by atoms with Gasteiger partial charge in [0, 0.05) is 12.1 Å². The number of anilines is 2. The normalized spacial score (nSPS) is 11.5. The molecular formula is C19H21F3N8O3. The number of hydrogen-bond acceptors (Lipinski definition) is 9. The van der Waals surface area contributed by atoms with Gasteiger partial charge in [0.1, 0.15) is 23.4 Å². The van der Waals surface area contributed by atoms with Crippen molar-refractivity contribution in [2.24, 2.45) is 0 Å². The fraction of sp³-hybridized carbons (Fsp3) is 0.316. The van der Waals surface area contributed by atoms with Crippen LogP contribution in [0.25, 0.3) is 33.4 Å². The van der Waals surface area contributed by atoms with Crippen LogP contribution in [0.15, 0.2) is 28.9 Å². The lowest BCUT2D eigenvalue weighted by molar-refractivity contribution is -0.192. The van der Waals surface area contributed by atoms with Crippen molar-refractivity contribution in [3.05, 3.63) is 24.5 Å². The molecule has 0 aliphatic heterocycles. The van der Waals surface area contributed by atoms with Crippen LogP contribution in [0.4, 0.5) is 25.0 Å². The Labute approximate surface area is 184 Å². The minimum Gasteiger partial charge on any atom is -0.475 e. The molecule has 3 heterocycles. The smallest absolute Gasteiger partial charge is 0.475 e. The van der Waals surface area contributed by atoms with E-state index in [1.54, 1.807) is 0 Å². The maximum absolute atomic E-state index is 10.6. The number of aromatic nitrogens is 5. The van der Waals surface area contributed by atoms with Crippen molar-refractivity contribution in [1.82, 2.24) is 30.0 Å². The maximum atomic E-state index is 10.6. The van der Waals surface area contributed by atoms with Crippen LogP contribution < -0.4 is 16.8 Å². The number of aryl methyl sites for hydroxylation is 1. The van der Waals surface area contributed by atoms with Crippen LogP contribution in [-0.4, -0.2) is 55.6 Å². The Balaban J connectivity index is 0.000000383. The zero-order valence-electron chi connectivity index (χ0n) is 17.4. The Bertz CT molecular complexity index is 1270. The summed E-state index contributed by atoms with van der Waals surface area (Å²) in [5.41, 5.74) is 15.4. The number of carboxylic acids is 1. The molecule has 0 aliphatic carbocycles. The van der Waals surface area contributed by atoms with Gasteiger partial charge < -0.3 is 26.3 Å². The molecule has 0 saturated heterocycles. The molecule has 176 valence electrons. The number of aliphatic carboxylic acids is 1. The van der Waals surface area contributed by atoms with E-state index in [1.165, 1.54) is 6.33 Å². The highest BCUT2D eigenvalue weighted by Crippen LogP contribution is 2.32. The zero-order chi connectivity index (χ0) is 24.2. The summed E-state index contributed by atoms with van der Waals surface area (Å²) < 4.78 is 39.0. The molecule has 11 nitrogen and oxygen atoms in total. The molecule has 0 fully saturated rings. The first-order valence-corrected chi connectivity index (χ1v) is 9.70. The zero-order valence-corrected chi connectivity index (χ0v) is 17.4. The van der Waals surface area contributed by atoms with Crippen LogP contribution >= 0.6 is 0 Å². The number of halogens is 3. The van der Waals surface area contributed by atoms with Crippen LogP contribution in [0.1, 0.15) is 12.8 Å². The summed E-state index contributed by atoms with van der Waals surface area (Å²) in [4.78, 5) is 21.6. The summed E-state index contributed by atoms with van der Waals surface area (Å²) in [7, 11) is 1.95. The number of unbranched alkanes of at least 4 members (excludes halogenated alkanes) is 1. The molecule has 4 rings (SSSR count). The molecule has 0 spiro atoms. The Kier molecular flexibility index (Phi) is 6.96. The summed E-state index contributed by atoms with van der Waals surface area (Å²) in [5.74, 6) is -2.35. The summed E-state index contributed by atoms with van der Waals surface area (Å²) in [6, 6.07) is 5.76. The van der Waals surface area contributed by atoms with Gasteiger partial charge in [-0.15, -0.1) is 0 Å². The first-order valence-electron chi connectivity index (χ1n) is 9.70. The number of nitrogens with zero attached hydrogens (tertiary/aromatic N) is 5. The van der Waals surface area contributed by atoms with Crippen molar-refractivity contribution < 1.29 is 27.5 Å². The lowest BCUT2D eigenvalue weighted by Gasteiger charge is -2.02. The molecule has 0 aliphatic rings. The number of benzene rings is 1. The molecule has 33 heavy (non-hydrogen) atoms. The van der Waals surface area contributed by atoms with Crippen LogP contribution in [0.2, 0.25) is 0 Å². The van der Waals surface area contributed by atoms with Gasteiger partial charge in [0.05, 0.1) is 5.39 Å². The number of oxazole rings is 1. The third-order valence-corrected chi connectivity index (χ3v) is 4.53. The molecule has 14 heteroatoms. The largest absolute Gasteiger partial charge is 0.490 e. The first kappa shape index (κ1) is 23.7. The van der Waals surface area contributed by atoms with Gasteiger partial charge in [-0.1, -0.05) is 0 Å². The SMILES string of the molecule is CNCCCCn1nc(-c2ccc3oc(N)nc3c2)c2c(N)ncnc21.O=C(O)C(F)(F)F. The Morgan fingerprint density at radius 2 is 1.97 bits per heavy atom. The second-order valence-electron chi connectivity index (χ2n) is 6.88. The van der Waals surface area contributed by atoms with E-state index in [0.29, 0.717) is 16.9 Å². The van der Waals surface area contributed by atoms with E-state index in [2.05, 4.69) is 20.3 Å². The summed E-state index contributed by atoms with van der Waals surface area (Å²) in [6.07, 6.45) is -1.58. The van der Waals surface area contributed by atoms with Crippen molar-refractivity contribution in [3.8, 4) is 11.3 Å². The van der Waals surface area contributed by atoms with Crippen molar-refractivity contribution in [1.29, 1.82) is 0 Å². The van der Waals surface area contributed by atoms with Crippen LogP contribution in [0, 0.1) is 0 Å². The topological polar surface area (TPSA) is 171 Å². The van der Waals surface area contributed by atoms with Gasteiger partial charge in [-0.3, -0.25) is 0 Å². The molecule has 0 atom stereocenters. The van der Waals surface area contributed by atoms with Gasteiger partial charge in [0.15, 0.2) is 11.2 Å². The Hall–Kier alpha value is -3.94. The number of carbonyl (C=O) groups is 1. The summed E-state index contributed by atoms with van der Waals surface area (Å²) in [6.45, 7) is 1.72. The van der Waals surface area contributed by atoms with Gasteiger partial charge in [-0.05, 0) is 44.6 Å². The second kappa shape index (κ2) is 9.68. The number of nitrogens with one attached hydrogen (secondary N) is 1. The summed E-state index contributed by atoms with van der Waals surface area (Å²) >= 11 is 0. The number of fused-ring (bicyclic) bond motifs is 2. The van der Waals surface area contributed by atoms with E-state index in [-0.39, 0.29) is 6.01 Å². The van der Waals surface area contributed by atoms with Gasteiger partial charge >= 0.3 is 12.1 Å². The highest BCUT2D eigenvalue weighted by atomic mass is 19.4. The maximum Gasteiger partial charge on any atom is 0.490 e. The Morgan fingerprint density at radius 3 is 2.64 bits per heavy atom. The highest BCUT2D eigenvalue weighted by Gasteiger charge is 2.38. The number of carboxylic acid groups (broad SMARTS) is 1. The van der Waals surface area contributed by atoms with Crippen molar-refractivity contribution in [3.63, 3.8) is 0 Å². The molecule has 1 aromatic carbocycles. The molecular weight excluding hydrogens is 445 g/mol. The highest BCUT2D eigenvalue weighted by molar-refractivity contribution is 5.99. The quantitative estimate of drug-likeness (QED) is 0.309. The van der Waals surface area contributed by atoms with Crippen LogP contribution in [-0.2, 0) is 11.3 Å². The minimum absolute atomic E-state index is 0.139. The molecule has 6 N–H and O–H groups in total. The number of hydrogen-bond donors (Lipinski definition) is 4. The van der Waals surface area contributed by atoms with Crippen molar-refractivity contribution in [2.45, 2.75) is 25.6 Å². The third-order valence-electron chi connectivity index (χ3n) is 4.53. The lowest BCUT2D eigenvalue weighted by atomic mass is 10.1. The average Bonchev–Trinajstić information content (AvgIpc) is 3.31. The van der Waals surface area contributed by atoms with E-state index < -0.39 is 12.1 Å². The number of nitrogen functional groups attached to an aromatic ring is 2. The van der Waals surface area contributed by atoms with Crippen LogP contribution in [0.3, 0.4) is 0 Å². The molecule has 0 radical (unpaired) electrons. The Morgan fingerprint density at radius 1 is 1.24 bits per heavy atom. The number of rotatable bonds is 6. The van der Waals surface area contributed by atoms with Gasteiger partial charge in [0.2, 0.25) is 0 Å². The number of nitrogens with two attached hydrogens (primary N) is 2. The molecule has 0 saturated carbocycles. The van der Waals surface area contributed by atoms with E-state index in [4.69, 9.17) is 30.9 Å². The predicted octanol–water partition coefficient (Wildman–Crippen LogP) is 2.43. The van der Waals surface area contributed by atoms with Gasteiger partial charge in [-0.2, -0.15) is 23.3 Å². The fourth-order valence-corrected chi connectivity index (χ4v) is 3.04. The monoisotopic (exact) mass is 466 g/mol. The first-order chi connectivity index (χ1) is 15.6. The standard InChI is InChI=1S/C17H20N8O.C2HF3O2/c1-20-6-2-3-7-25-16-13(15(18)21-9-22-16)14(24-25)10-4-5-12-11(8-10)23-17(19)26-12;3-2(4,5)1(6)7/h4-5,8-9,20H,2-3,6-7H2,1H3,(H2,19,23)(H2,18,21,22);(H,6,7). The van der Waals surface area contributed by atoms with E-state index in [0.717, 1.165) is 48.2 Å². The average molecular weight is 466 g/mol.